The Morgan fingerprint density at radius 3 is 2.50 bits per heavy atom. The van der Waals surface area contributed by atoms with Crippen molar-refractivity contribution in [1.82, 2.24) is 5.32 Å². The molecule has 1 aliphatic heterocycles. The van der Waals surface area contributed by atoms with Gasteiger partial charge in [-0.05, 0) is 23.9 Å². The zero-order valence-electron chi connectivity index (χ0n) is 13.2. The number of thiophene rings is 1. The van der Waals surface area contributed by atoms with Gasteiger partial charge in [0, 0.05) is 12.6 Å². The van der Waals surface area contributed by atoms with Crippen LogP contribution in [0.2, 0.25) is 0 Å². The number of sulfone groups is 2. The minimum atomic E-state index is -3.65. The molecule has 0 amide bonds. The van der Waals surface area contributed by atoms with Crippen LogP contribution in [0.15, 0.2) is 46.0 Å². The molecule has 0 unspecified atom stereocenters. The van der Waals surface area contributed by atoms with E-state index in [0.29, 0.717) is 6.54 Å². The van der Waals surface area contributed by atoms with Crippen LogP contribution >= 0.6 is 11.3 Å². The first-order valence-electron chi connectivity index (χ1n) is 7.55. The molecule has 2 atom stereocenters. The van der Waals surface area contributed by atoms with Gasteiger partial charge in [0.05, 0.1) is 16.8 Å². The average molecular weight is 386 g/mol. The van der Waals surface area contributed by atoms with Gasteiger partial charge in [-0.25, -0.2) is 16.8 Å². The summed E-state index contributed by atoms with van der Waals surface area (Å²) in [4.78, 5) is 0. The number of rotatable bonds is 5. The lowest BCUT2D eigenvalue weighted by Crippen LogP contribution is -2.42. The molecule has 0 bridgehead atoms. The van der Waals surface area contributed by atoms with Crippen molar-refractivity contribution in [2.24, 2.45) is 0 Å². The molecular formula is C16H19NO4S3. The molecule has 1 aromatic carbocycles. The van der Waals surface area contributed by atoms with Crippen LogP contribution in [0, 0.1) is 6.92 Å². The fourth-order valence-electron chi connectivity index (χ4n) is 2.84. The monoisotopic (exact) mass is 385 g/mol. The molecule has 3 rings (SSSR count). The summed E-state index contributed by atoms with van der Waals surface area (Å²) < 4.78 is 49.8. The molecule has 2 aromatic rings. The zero-order chi connectivity index (χ0) is 17.4. The van der Waals surface area contributed by atoms with Crippen LogP contribution in [0.5, 0.6) is 0 Å². The van der Waals surface area contributed by atoms with E-state index < -0.39 is 31.0 Å². The van der Waals surface area contributed by atoms with Gasteiger partial charge >= 0.3 is 0 Å². The lowest BCUT2D eigenvalue weighted by Gasteiger charge is -2.19. The van der Waals surface area contributed by atoms with E-state index in [-0.39, 0.29) is 15.7 Å². The highest BCUT2D eigenvalue weighted by molar-refractivity contribution is 7.97. The summed E-state index contributed by atoms with van der Waals surface area (Å²) in [5.41, 5.74) is 2.14. The van der Waals surface area contributed by atoms with E-state index in [9.17, 15) is 16.8 Å². The Labute approximate surface area is 146 Å². The van der Waals surface area contributed by atoms with Crippen molar-refractivity contribution in [3.63, 3.8) is 0 Å². The van der Waals surface area contributed by atoms with E-state index in [1.54, 1.807) is 11.4 Å². The summed E-state index contributed by atoms with van der Waals surface area (Å²) in [6.07, 6.45) is 0. The topological polar surface area (TPSA) is 80.3 Å². The molecule has 1 saturated heterocycles. The number of nitrogens with one attached hydrogen (secondary N) is 1. The van der Waals surface area contributed by atoms with Gasteiger partial charge < -0.3 is 5.32 Å². The molecule has 2 heterocycles. The fourth-order valence-corrected chi connectivity index (χ4v) is 8.78. The summed E-state index contributed by atoms with van der Waals surface area (Å²) in [7, 11) is -7.02. The third kappa shape index (κ3) is 3.72. The Kier molecular flexibility index (Phi) is 4.83. The third-order valence-electron chi connectivity index (χ3n) is 4.16. The molecule has 130 valence electrons. The second-order valence-corrected chi connectivity index (χ2v) is 11.6. The van der Waals surface area contributed by atoms with E-state index >= 15 is 0 Å². The number of aryl methyl sites for hydroxylation is 1. The molecule has 5 nitrogen and oxygen atoms in total. The Morgan fingerprint density at radius 1 is 1.17 bits per heavy atom. The van der Waals surface area contributed by atoms with Crippen LogP contribution in [0.25, 0.3) is 0 Å². The maximum atomic E-state index is 12.8. The summed E-state index contributed by atoms with van der Waals surface area (Å²) in [6.45, 7) is 2.43. The first-order chi connectivity index (χ1) is 11.3. The van der Waals surface area contributed by atoms with Gasteiger partial charge in [-0.2, -0.15) is 0 Å². The van der Waals surface area contributed by atoms with Crippen LogP contribution in [-0.4, -0.2) is 39.6 Å². The van der Waals surface area contributed by atoms with Gasteiger partial charge in [0.25, 0.3) is 0 Å². The Bertz CT molecular complexity index is 901. The van der Waals surface area contributed by atoms with Crippen molar-refractivity contribution in [2.75, 3.05) is 11.5 Å². The first-order valence-corrected chi connectivity index (χ1v) is 11.8. The highest BCUT2D eigenvalue weighted by Crippen LogP contribution is 2.28. The van der Waals surface area contributed by atoms with Gasteiger partial charge in [-0.15, -0.1) is 11.3 Å². The molecule has 0 saturated carbocycles. The molecule has 0 aliphatic carbocycles. The van der Waals surface area contributed by atoms with Crippen molar-refractivity contribution in [2.45, 2.75) is 29.0 Å². The highest BCUT2D eigenvalue weighted by Gasteiger charge is 2.45. The largest absolute Gasteiger partial charge is 0.308 e. The Morgan fingerprint density at radius 2 is 1.88 bits per heavy atom. The van der Waals surface area contributed by atoms with Crippen LogP contribution < -0.4 is 5.32 Å². The molecule has 1 aliphatic rings. The average Bonchev–Trinajstić information content (AvgIpc) is 3.15. The van der Waals surface area contributed by atoms with Crippen LogP contribution in [0.1, 0.15) is 11.1 Å². The predicted octanol–water partition coefficient (Wildman–Crippen LogP) is 1.79. The van der Waals surface area contributed by atoms with Gasteiger partial charge in [0.2, 0.25) is 0 Å². The summed E-state index contributed by atoms with van der Waals surface area (Å²) in [5, 5.41) is 3.88. The lowest BCUT2D eigenvalue weighted by molar-refractivity contribution is 0.527. The molecular weight excluding hydrogens is 366 g/mol. The molecule has 0 radical (unpaired) electrons. The SMILES string of the molecule is Cc1ccc(CN[C@H]2CS(=O)(=O)C[C@@H]2S(=O)(=O)c2cccs2)cc1. The van der Waals surface area contributed by atoms with E-state index in [1.165, 1.54) is 6.07 Å². The maximum Gasteiger partial charge on any atom is 0.193 e. The molecule has 0 spiro atoms. The number of benzene rings is 1. The van der Waals surface area contributed by atoms with Gasteiger partial charge in [0.1, 0.15) is 4.21 Å². The summed E-state index contributed by atoms with van der Waals surface area (Å²) in [6, 6.07) is 10.5. The van der Waals surface area contributed by atoms with Crippen molar-refractivity contribution in [1.29, 1.82) is 0 Å². The van der Waals surface area contributed by atoms with Crippen molar-refractivity contribution in [3.05, 3.63) is 52.9 Å². The van der Waals surface area contributed by atoms with E-state index in [1.807, 2.05) is 31.2 Å². The molecule has 1 fully saturated rings. The zero-order valence-corrected chi connectivity index (χ0v) is 15.6. The molecule has 1 aromatic heterocycles. The fraction of sp³-hybridized carbons (Fsp3) is 0.375. The van der Waals surface area contributed by atoms with E-state index in [0.717, 1.165) is 22.5 Å². The predicted molar refractivity (Wildman–Crippen MR) is 95.8 cm³/mol. The molecule has 8 heteroatoms. The number of hydrogen-bond acceptors (Lipinski definition) is 6. The van der Waals surface area contributed by atoms with Gasteiger partial charge in [0.15, 0.2) is 19.7 Å². The molecule has 1 N–H and O–H groups in total. The minimum absolute atomic E-state index is 0.145. The van der Waals surface area contributed by atoms with E-state index in [4.69, 9.17) is 0 Å². The molecule has 24 heavy (non-hydrogen) atoms. The summed E-state index contributed by atoms with van der Waals surface area (Å²) >= 11 is 1.12. The lowest BCUT2D eigenvalue weighted by atomic mass is 10.1. The van der Waals surface area contributed by atoms with E-state index in [2.05, 4.69) is 5.32 Å². The second-order valence-electron chi connectivity index (χ2n) is 6.07. The van der Waals surface area contributed by atoms with Crippen LogP contribution in [-0.2, 0) is 26.2 Å². The van der Waals surface area contributed by atoms with Crippen LogP contribution in [0.3, 0.4) is 0 Å². The van der Waals surface area contributed by atoms with Gasteiger partial charge in [-0.3, -0.25) is 0 Å². The van der Waals surface area contributed by atoms with Crippen molar-refractivity contribution < 1.29 is 16.8 Å². The third-order valence-corrected chi connectivity index (χ3v) is 9.74. The Balaban J connectivity index is 1.81. The Hall–Kier alpha value is -1.22. The maximum absolute atomic E-state index is 12.8. The second kappa shape index (κ2) is 6.59. The number of hydrogen-bond donors (Lipinski definition) is 1. The van der Waals surface area contributed by atoms with Crippen molar-refractivity contribution >= 4 is 31.0 Å². The van der Waals surface area contributed by atoms with Gasteiger partial charge in [-0.1, -0.05) is 35.9 Å². The van der Waals surface area contributed by atoms with Crippen LogP contribution in [0.4, 0.5) is 0 Å². The standard InChI is InChI=1S/C16H19NO4S3/c1-12-4-6-13(7-5-12)9-17-14-10-23(18,19)11-15(14)24(20,21)16-3-2-8-22-16/h2-8,14-15,17H,9-11H2,1H3/t14-,15-/m0/s1. The summed E-state index contributed by atoms with van der Waals surface area (Å²) in [5.74, 6) is -0.465. The smallest absolute Gasteiger partial charge is 0.193 e. The quantitative estimate of drug-likeness (QED) is 0.849. The van der Waals surface area contributed by atoms with Crippen molar-refractivity contribution in [3.8, 4) is 0 Å². The highest BCUT2D eigenvalue weighted by atomic mass is 32.2. The normalized spacial score (nSPS) is 23.4. The first kappa shape index (κ1) is 17.6. The minimum Gasteiger partial charge on any atom is -0.308 e.